The van der Waals surface area contributed by atoms with Gasteiger partial charge in [-0.1, -0.05) is 131 Å². The van der Waals surface area contributed by atoms with Crippen molar-refractivity contribution in [2.75, 3.05) is 9.80 Å². The first kappa shape index (κ1) is 46.0. The van der Waals surface area contributed by atoms with Gasteiger partial charge in [-0.15, -0.1) is 11.3 Å². The van der Waals surface area contributed by atoms with Gasteiger partial charge in [0.25, 0.3) is 6.71 Å². The SMILES string of the molecule is Cc1cc(C)c(-c2cc3c4c(c2)N(c2ccc5c(c2)C(C)(C)CCC5(C)C)c2sc5cc6c(cc5c2B4c2cc(C(C)(C)C)ccc2N3c2ccc(C(C)(C)C)cc2C)C2(C)CCC6(C)CC2)c(C)c1. The summed E-state index contributed by atoms with van der Waals surface area (Å²) in [5, 5.41) is 2.85. The fourth-order valence-corrected chi connectivity index (χ4v) is 15.6. The minimum absolute atomic E-state index is 0.0239. The molecular weight excluding hydrogens is 864 g/mol. The van der Waals surface area contributed by atoms with Gasteiger partial charge in [-0.05, 0) is 230 Å². The lowest BCUT2D eigenvalue weighted by Crippen LogP contribution is -2.61. The molecule has 6 aliphatic rings. The second-order valence-corrected chi connectivity index (χ2v) is 27.9. The maximum absolute atomic E-state index is 2.76. The number of aryl methyl sites for hydroxylation is 4. The first-order valence-corrected chi connectivity index (χ1v) is 27.5. The van der Waals surface area contributed by atoms with Crippen LogP contribution in [0.4, 0.5) is 33.4 Å². The van der Waals surface area contributed by atoms with E-state index in [1.807, 2.05) is 0 Å². The monoisotopic (exact) mass is 939 g/mol. The predicted molar refractivity (Wildman–Crippen MR) is 306 cm³/mol. The molecule has 4 heteroatoms. The van der Waals surface area contributed by atoms with Crippen LogP contribution in [0.5, 0.6) is 0 Å². The van der Waals surface area contributed by atoms with Crippen LogP contribution in [0.2, 0.25) is 0 Å². The highest BCUT2D eigenvalue weighted by atomic mass is 32.1. The van der Waals surface area contributed by atoms with Crippen molar-refractivity contribution >= 4 is 78.0 Å². The lowest BCUT2D eigenvalue weighted by atomic mass is 9.33. The molecule has 6 aromatic carbocycles. The van der Waals surface area contributed by atoms with E-state index in [1.54, 1.807) is 11.1 Å². The van der Waals surface area contributed by atoms with Crippen LogP contribution in [-0.4, -0.2) is 6.71 Å². The van der Waals surface area contributed by atoms with Gasteiger partial charge in [0.05, 0.1) is 5.00 Å². The van der Waals surface area contributed by atoms with E-state index in [0.717, 1.165) is 0 Å². The maximum Gasteiger partial charge on any atom is 0.254 e. The van der Waals surface area contributed by atoms with E-state index < -0.39 is 0 Å². The van der Waals surface area contributed by atoms with E-state index >= 15 is 0 Å². The van der Waals surface area contributed by atoms with Crippen molar-refractivity contribution in [3.05, 3.63) is 147 Å². The molecule has 0 amide bonds. The van der Waals surface area contributed by atoms with E-state index in [1.165, 1.54) is 154 Å². The summed E-state index contributed by atoms with van der Waals surface area (Å²) < 4.78 is 1.44. The Bertz CT molecular complexity index is 3370. The Kier molecular flexibility index (Phi) is 9.72. The van der Waals surface area contributed by atoms with Crippen molar-refractivity contribution in [2.24, 2.45) is 0 Å². The molecule has 0 N–H and O–H groups in total. The lowest BCUT2D eigenvalue weighted by Gasteiger charge is -2.52. The summed E-state index contributed by atoms with van der Waals surface area (Å²) in [5.41, 5.74) is 28.3. The van der Waals surface area contributed by atoms with E-state index in [4.69, 9.17) is 0 Å². The van der Waals surface area contributed by atoms with Gasteiger partial charge in [0.1, 0.15) is 0 Å². The van der Waals surface area contributed by atoms with Crippen molar-refractivity contribution in [3.63, 3.8) is 0 Å². The minimum atomic E-state index is -0.0239. The molecule has 358 valence electrons. The molecule has 1 aromatic heterocycles. The lowest BCUT2D eigenvalue weighted by molar-refractivity contribution is 0.188. The molecule has 70 heavy (non-hydrogen) atoms. The second kappa shape index (κ2) is 14.8. The zero-order chi connectivity index (χ0) is 49.6. The van der Waals surface area contributed by atoms with Crippen molar-refractivity contribution in [1.29, 1.82) is 0 Å². The van der Waals surface area contributed by atoms with Gasteiger partial charge in [-0.3, -0.25) is 0 Å². The topological polar surface area (TPSA) is 6.48 Å². The maximum atomic E-state index is 2.76. The highest BCUT2D eigenvalue weighted by Gasteiger charge is 2.51. The van der Waals surface area contributed by atoms with Crippen LogP contribution < -0.4 is 26.2 Å². The van der Waals surface area contributed by atoms with E-state index in [-0.39, 0.29) is 39.2 Å². The van der Waals surface area contributed by atoms with Gasteiger partial charge in [-0.2, -0.15) is 0 Å². The van der Waals surface area contributed by atoms with Crippen molar-refractivity contribution in [1.82, 2.24) is 0 Å². The third-order valence-electron chi connectivity index (χ3n) is 18.8. The average molecular weight is 939 g/mol. The van der Waals surface area contributed by atoms with E-state index in [0.29, 0.717) is 0 Å². The van der Waals surface area contributed by atoms with E-state index in [9.17, 15) is 0 Å². The van der Waals surface area contributed by atoms with Crippen LogP contribution >= 0.6 is 11.3 Å². The van der Waals surface area contributed by atoms with Crippen molar-refractivity contribution in [3.8, 4) is 11.1 Å². The quantitative estimate of drug-likeness (QED) is 0.163. The number of fused-ring (bicyclic) bond motifs is 9. The standard InChI is InChI=1S/C66H75BN2S/c1-38-29-40(3)57(41(4)30-38)42-32-54-59-55(33-42)69(52-21-17-43(31-39(52)2)61(5,6)7)53-22-18-44(62(8,9)10)34-51(53)67(59)58-46-36-49-50(66(16)27-25-65(49,15)26-28-66)37-56(46)70-60(58)68(54)45-19-20-47-48(35-45)64(13,14)24-23-63(47,11)12/h17-22,29-37H,23-28H2,1-16H3. The van der Waals surface area contributed by atoms with Crippen molar-refractivity contribution < 1.29 is 0 Å². The van der Waals surface area contributed by atoms with Crippen LogP contribution in [0.3, 0.4) is 0 Å². The number of rotatable bonds is 3. The first-order chi connectivity index (χ1) is 32.8. The number of thiophene rings is 1. The Hall–Kier alpha value is -5.06. The van der Waals surface area contributed by atoms with Gasteiger partial charge >= 0.3 is 0 Å². The fraction of sp³-hybridized carbons (Fsp3) is 0.424. The molecular formula is C66H75BN2S. The zero-order valence-corrected chi connectivity index (χ0v) is 46.1. The molecule has 13 rings (SSSR count). The van der Waals surface area contributed by atoms with Crippen LogP contribution in [0.1, 0.15) is 177 Å². The van der Waals surface area contributed by atoms with Crippen LogP contribution in [0, 0.1) is 27.7 Å². The summed E-state index contributed by atoms with van der Waals surface area (Å²) in [6.07, 6.45) is 7.51. The second-order valence-electron chi connectivity index (χ2n) is 26.9. The number of nitrogens with zero attached hydrogens (tertiary/aromatic N) is 2. The largest absolute Gasteiger partial charge is 0.311 e. The highest BCUT2D eigenvalue weighted by molar-refractivity contribution is 7.26. The van der Waals surface area contributed by atoms with Gasteiger partial charge in [0.2, 0.25) is 0 Å². The Labute approximate surface area is 425 Å². The number of anilines is 6. The normalized spacial score (nSPS) is 21.6. The minimum Gasteiger partial charge on any atom is -0.311 e. The molecule has 7 aromatic rings. The van der Waals surface area contributed by atoms with Crippen LogP contribution in [0.25, 0.3) is 21.2 Å². The van der Waals surface area contributed by atoms with Gasteiger partial charge in [0, 0.05) is 33.1 Å². The smallest absolute Gasteiger partial charge is 0.254 e. The Morgan fingerprint density at radius 1 is 0.486 bits per heavy atom. The van der Waals surface area contributed by atoms with E-state index in [2.05, 4.69) is 223 Å². The Morgan fingerprint density at radius 2 is 1.04 bits per heavy atom. The molecule has 2 aliphatic heterocycles. The average Bonchev–Trinajstić information content (AvgIpc) is 3.65. The predicted octanol–water partition coefficient (Wildman–Crippen LogP) is 16.9. The third-order valence-corrected chi connectivity index (χ3v) is 20.0. The number of hydrogen-bond acceptors (Lipinski definition) is 3. The molecule has 0 unspecified atom stereocenters. The Balaban J connectivity index is 1.25. The zero-order valence-electron chi connectivity index (χ0n) is 45.3. The van der Waals surface area contributed by atoms with Gasteiger partial charge < -0.3 is 9.80 Å². The molecule has 3 heterocycles. The molecule has 0 atom stereocenters. The molecule has 4 aliphatic carbocycles. The summed E-state index contributed by atoms with van der Waals surface area (Å²) in [5.74, 6) is 0. The van der Waals surface area contributed by atoms with Crippen LogP contribution in [-0.2, 0) is 32.5 Å². The third kappa shape index (κ3) is 6.62. The number of benzene rings is 6. The summed E-state index contributed by atoms with van der Waals surface area (Å²) in [6, 6.07) is 37.9. The van der Waals surface area contributed by atoms with Crippen molar-refractivity contribution in [2.45, 2.75) is 182 Å². The summed E-state index contributed by atoms with van der Waals surface area (Å²) in [4.78, 5) is 5.44. The molecule has 2 bridgehead atoms. The first-order valence-electron chi connectivity index (χ1n) is 26.7. The molecule has 0 spiro atoms. The summed E-state index contributed by atoms with van der Waals surface area (Å²) in [6.45, 7) is 38.5. The molecule has 0 radical (unpaired) electrons. The highest BCUT2D eigenvalue weighted by Crippen LogP contribution is 2.59. The molecule has 2 nitrogen and oxygen atoms in total. The summed E-state index contributed by atoms with van der Waals surface area (Å²) >= 11 is 2.06. The molecule has 1 saturated carbocycles. The summed E-state index contributed by atoms with van der Waals surface area (Å²) in [7, 11) is 0. The Morgan fingerprint density at radius 3 is 1.64 bits per heavy atom. The van der Waals surface area contributed by atoms with Gasteiger partial charge in [-0.25, -0.2) is 0 Å². The fourth-order valence-electron chi connectivity index (χ4n) is 14.3. The number of hydrogen-bond donors (Lipinski definition) is 0. The van der Waals surface area contributed by atoms with Gasteiger partial charge in [0.15, 0.2) is 0 Å². The molecule has 0 saturated heterocycles. The molecule has 1 fully saturated rings. The van der Waals surface area contributed by atoms with Crippen LogP contribution in [0.15, 0.2) is 91.0 Å².